The van der Waals surface area contributed by atoms with Gasteiger partial charge in [0.1, 0.15) is 17.1 Å². The molecule has 7 heteroatoms. The van der Waals surface area contributed by atoms with E-state index in [2.05, 4.69) is 0 Å². The molecule has 0 amide bonds. The molecule has 2 aromatic carbocycles. The Kier molecular flexibility index (Phi) is 4.44. The summed E-state index contributed by atoms with van der Waals surface area (Å²) in [7, 11) is 0. The van der Waals surface area contributed by atoms with Crippen LogP contribution in [0.15, 0.2) is 47.4 Å². The lowest BCUT2D eigenvalue weighted by Gasteiger charge is -2.09. The Hall–Kier alpha value is -2.54. The summed E-state index contributed by atoms with van der Waals surface area (Å²) in [6, 6.07) is 10.6. The second kappa shape index (κ2) is 6.27. The van der Waals surface area contributed by atoms with Gasteiger partial charge < -0.3 is 9.84 Å². The molecule has 0 saturated heterocycles. The average Bonchev–Trinajstić information content (AvgIpc) is 2.48. The van der Waals surface area contributed by atoms with Gasteiger partial charge in [-0.25, -0.2) is 4.79 Å². The SMILES string of the molecule is CSc1ccc(Oc2ccc([N+](=O)[O-])cc2C(=O)O)cc1. The number of carbonyl (C=O) groups is 1. The van der Waals surface area contributed by atoms with Crippen molar-refractivity contribution in [1.29, 1.82) is 0 Å². The third kappa shape index (κ3) is 3.51. The average molecular weight is 305 g/mol. The molecule has 0 atom stereocenters. The second-order valence-electron chi connectivity index (χ2n) is 4.02. The van der Waals surface area contributed by atoms with Crippen LogP contribution in [-0.2, 0) is 0 Å². The summed E-state index contributed by atoms with van der Waals surface area (Å²) < 4.78 is 5.49. The summed E-state index contributed by atoms with van der Waals surface area (Å²) in [5.41, 5.74) is -0.546. The molecule has 2 rings (SSSR count). The first kappa shape index (κ1) is 14.9. The molecule has 0 aliphatic heterocycles. The van der Waals surface area contributed by atoms with E-state index < -0.39 is 10.9 Å². The Morgan fingerprint density at radius 3 is 2.43 bits per heavy atom. The molecule has 1 N–H and O–H groups in total. The first-order chi connectivity index (χ1) is 10.0. The fourth-order valence-electron chi connectivity index (χ4n) is 1.66. The first-order valence-corrected chi connectivity index (χ1v) is 7.07. The molecule has 0 aliphatic carbocycles. The predicted molar refractivity (Wildman–Crippen MR) is 78.4 cm³/mol. The van der Waals surface area contributed by atoms with Gasteiger partial charge >= 0.3 is 5.97 Å². The van der Waals surface area contributed by atoms with Gasteiger partial charge in [0.15, 0.2) is 0 Å². The number of non-ortho nitro benzene ring substituents is 1. The molecular weight excluding hydrogens is 294 g/mol. The van der Waals surface area contributed by atoms with Crippen LogP contribution in [0.1, 0.15) is 10.4 Å². The molecule has 21 heavy (non-hydrogen) atoms. The van der Waals surface area contributed by atoms with Gasteiger partial charge in [0.2, 0.25) is 0 Å². The smallest absolute Gasteiger partial charge is 0.339 e. The fourth-order valence-corrected chi connectivity index (χ4v) is 2.07. The van der Waals surface area contributed by atoms with Crippen molar-refractivity contribution in [3.05, 3.63) is 58.1 Å². The summed E-state index contributed by atoms with van der Waals surface area (Å²) in [6.07, 6.45) is 1.94. The number of nitrogens with zero attached hydrogens (tertiary/aromatic N) is 1. The lowest BCUT2D eigenvalue weighted by atomic mass is 10.2. The minimum Gasteiger partial charge on any atom is -0.478 e. The zero-order chi connectivity index (χ0) is 15.4. The predicted octanol–water partition coefficient (Wildman–Crippen LogP) is 3.81. The third-order valence-corrected chi connectivity index (χ3v) is 3.44. The maximum absolute atomic E-state index is 11.2. The Morgan fingerprint density at radius 2 is 1.90 bits per heavy atom. The number of hydrogen-bond donors (Lipinski definition) is 1. The number of rotatable bonds is 5. The first-order valence-electron chi connectivity index (χ1n) is 5.85. The van der Waals surface area contributed by atoms with Crippen molar-refractivity contribution in [3.8, 4) is 11.5 Å². The quantitative estimate of drug-likeness (QED) is 0.513. The molecule has 2 aromatic rings. The molecule has 0 radical (unpaired) electrons. The van der Waals surface area contributed by atoms with Crippen LogP contribution in [0.25, 0.3) is 0 Å². The minimum atomic E-state index is -1.28. The van der Waals surface area contributed by atoms with Crippen molar-refractivity contribution in [2.75, 3.05) is 6.26 Å². The lowest BCUT2D eigenvalue weighted by molar-refractivity contribution is -0.384. The summed E-state index contributed by atoms with van der Waals surface area (Å²) >= 11 is 1.57. The van der Waals surface area contributed by atoms with Crippen molar-refractivity contribution in [3.63, 3.8) is 0 Å². The van der Waals surface area contributed by atoms with Crippen LogP contribution >= 0.6 is 11.8 Å². The van der Waals surface area contributed by atoms with Crippen molar-refractivity contribution in [2.24, 2.45) is 0 Å². The highest BCUT2D eigenvalue weighted by molar-refractivity contribution is 7.98. The van der Waals surface area contributed by atoms with Gasteiger partial charge in [-0.2, -0.15) is 0 Å². The van der Waals surface area contributed by atoms with E-state index in [1.165, 1.54) is 12.1 Å². The van der Waals surface area contributed by atoms with Crippen LogP contribution in [0.2, 0.25) is 0 Å². The topological polar surface area (TPSA) is 89.7 Å². The molecule has 0 heterocycles. The highest BCUT2D eigenvalue weighted by Crippen LogP contribution is 2.29. The van der Waals surface area contributed by atoms with E-state index in [1.54, 1.807) is 23.9 Å². The molecule has 108 valence electrons. The summed E-state index contributed by atoms with van der Waals surface area (Å²) in [5, 5.41) is 19.8. The molecule has 0 aromatic heterocycles. The Labute approximate surface area is 124 Å². The molecule has 0 bridgehead atoms. The summed E-state index contributed by atoms with van der Waals surface area (Å²) in [5.74, 6) is -0.761. The Balaban J connectivity index is 2.34. The molecule has 0 aliphatic rings. The number of thioether (sulfide) groups is 1. The number of nitro groups is 1. The zero-order valence-corrected chi connectivity index (χ0v) is 11.8. The van der Waals surface area contributed by atoms with Crippen molar-refractivity contribution in [1.82, 2.24) is 0 Å². The maximum Gasteiger partial charge on any atom is 0.339 e. The van der Waals surface area contributed by atoms with Gasteiger partial charge in [0.05, 0.1) is 4.92 Å². The molecule has 0 spiro atoms. The van der Waals surface area contributed by atoms with Gasteiger partial charge in [-0.1, -0.05) is 0 Å². The number of aromatic carboxylic acids is 1. The molecular formula is C14H11NO5S. The monoisotopic (exact) mass is 305 g/mol. The highest BCUT2D eigenvalue weighted by atomic mass is 32.2. The van der Waals surface area contributed by atoms with Crippen LogP contribution in [0.3, 0.4) is 0 Å². The van der Waals surface area contributed by atoms with E-state index in [1.807, 2.05) is 18.4 Å². The van der Waals surface area contributed by atoms with E-state index in [9.17, 15) is 14.9 Å². The normalized spacial score (nSPS) is 10.1. The summed E-state index contributed by atoms with van der Waals surface area (Å²) in [6.45, 7) is 0. The van der Waals surface area contributed by atoms with E-state index in [0.29, 0.717) is 5.75 Å². The van der Waals surface area contributed by atoms with Crippen LogP contribution < -0.4 is 4.74 Å². The number of benzene rings is 2. The van der Waals surface area contributed by atoms with E-state index in [-0.39, 0.29) is 17.0 Å². The van der Waals surface area contributed by atoms with Crippen LogP contribution in [0, 0.1) is 10.1 Å². The number of carboxylic acid groups (broad SMARTS) is 1. The summed E-state index contributed by atoms with van der Waals surface area (Å²) in [4.78, 5) is 22.3. The second-order valence-corrected chi connectivity index (χ2v) is 4.90. The van der Waals surface area contributed by atoms with Crippen molar-refractivity contribution >= 4 is 23.4 Å². The molecule has 6 nitrogen and oxygen atoms in total. The standard InChI is InChI=1S/C14H11NO5S/c1-21-11-5-3-10(4-6-11)20-13-7-2-9(15(18)19)8-12(13)14(16)17/h2-8H,1H3,(H,16,17). The van der Waals surface area contributed by atoms with Crippen molar-refractivity contribution in [2.45, 2.75) is 4.90 Å². The van der Waals surface area contributed by atoms with Crippen molar-refractivity contribution < 1.29 is 19.6 Å². The van der Waals surface area contributed by atoms with Crippen LogP contribution in [-0.4, -0.2) is 22.3 Å². The van der Waals surface area contributed by atoms with Gasteiger partial charge in [0.25, 0.3) is 5.69 Å². The molecule has 0 unspecified atom stereocenters. The van der Waals surface area contributed by atoms with Crippen LogP contribution in [0.4, 0.5) is 5.69 Å². The lowest BCUT2D eigenvalue weighted by Crippen LogP contribution is -2.01. The molecule has 0 saturated carbocycles. The van der Waals surface area contributed by atoms with Gasteiger partial charge in [-0.3, -0.25) is 10.1 Å². The van der Waals surface area contributed by atoms with E-state index in [0.717, 1.165) is 11.0 Å². The highest BCUT2D eigenvalue weighted by Gasteiger charge is 2.17. The minimum absolute atomic E-state index is 0.0602. The number of nitro benzene ring substituents is 1. The molecule has 0 fully saturated rings. The van der Waals surface area contributed by atoms with E-state index in [4.69, 9.17) is 9.84 Å². The van der Waals surface area contributed by atoms with Gasteiger partial charge in [0, 0.05) is 17.0 Å². The fraction of sp³-hybridized carbons (Fsp3) is 0.0714. The number of carboxylic acids is 1. The largest absolute Gasteiger partial charge is 0.478 e. The maximum atomic E-state index is 11.2. The number of hydrogen-bond acceptors (Lipinski definition) is 5. The van der Waals surface area contributed by atoms with Crippen LogP contribution in [0.5, 0.6) is 11.5 Å². The zero-order valence-electron chi connectivity index (χ0n) is 11.0. The Morgan fingerprint density at radius 1 is 1.24 bits per heavy atom. The number of ether oxygens (including phenoxy) is 1. The third-order valence-electron chi connectivity index (χ3n) is 2.69. The van der Waals surface area contributed by atoms with Gasteiger partial charge in [-0.15, -0.1) is 11.8 Å². The van der Waals surface area contributed by atoms with Gasteiger partial charge in [-0.05, 0) is 36.6 Å². The Bertz CT molecular complexity index is 684. The van der Waals surface area contributed by atoms with E-state index >= 15 is 0 Å².